The van der Waals surface area contributed by atoms with Gasteiger partial charge in [0.15, 0.2) is 5.13 Å². The largest absolute Gasteiger partial charge is 0.493 e. The Bertz CT molecular complexity index is 1030. The molecular weight excluding hydrogens is 409 g/mol. The number of anilines is 1. The van der Waals surface area contributed by atoms with Gasteiger partial charge in [0.25, 0.3) is 0 Å². The number of hydrogen-bond acceptors (Lipinski definition) is 6. The first-order valence-corrected chi connectivity index (χ1v) is 9.49. The van der Waals surface area contributed by atoms with Crippen molar-refractivity contribution in [3.63, 3.8) is 0 Å². The molecule has 0 fully saturated rings. The second-order valence-corrected chi connectivity index (χ2v) is 7.38. The number of halogens is 3. The third-order valence-corrected chi connectivity index (χ3v) is 5.31. The van der Waals surface area contributed by atoms with E-state index in [0.717, 1.165) is 47.0 Å². The van der Waals surface area contributed by atoms with Gasteiger partial charge >= 0.3 is 6.18 Å². The Kier molecular flexibility index (Phi) is 4.83. The summed E-state index contributed by atoms with van der Waals surface area (Å²) in [4.78, 5) is 16.5. The van der Waals surface area contributed by atoms with E-state index in [2.05, 4.69) is 10.3 Å². The fourth-order valence-electron chi connectivity index (χ4n) is 3.05. The van der Waals surface area contributed by atoms with Crippen molar-refractivity contribution >= 4 is 22.4 Å². The number of fused-ring (bicyclic) bond motifs is 1. The van der Waals surface area contributed by atoms with E-state index >= 15 is 0 Å². The van der Waals surface area contributed by atoms with Crippen LogP contribution in [0, 0.1) is 0 Å². The summed E-state index contributed by atoms with van der Waals surface area (Å²) in [7, 11) is 0. The second kappa shape index (κ2) is 7.20. The van der Waals surface area contributed by atoms with Gasteiger partial charge in [-0.25, -0.2) is 4.98 Å². The number of thiazole rings is 1. The van der Waals surface area contributed by atoms with Gasteiger partial charge in [0.2, 0.25) is 11.5 Å². The van der Waals surface area contributed by atoms with Crippen molar-refractivity contribution in [2.45, 2.75) is 24.6 Å². The summed E-state index contributed by atoms with van der Waals surface area (Å²) in [6, 6.07) is 7.77. The predicted octanol–water partition coefficient (Wildman–Crippen LogP) is 4.12. The highest BCUT2D eigenvalue weighted by Gasteiger charge is 2.58. The molecule has 1 aliphatic rings. The number of rotatable bonds is 5. The first-order chi connectivity index (χ1) is 13.8. The molecular formula is C19H15F3N2O4S. The predicted molar refractivity (Wildman–Crippen MR) is 98.7 cm³/mol. The summed E-state index contributed by atoms with van der Waals surface area (Å²) in [6.07, 6.45) is -4.56. The first kappa shape index (κ1) is 19.5. The highest BCUT2D eigenvalue weighted by Crippen LogP contribution is 2.42. The zero-order chi connectivity index (χ0) is 20.6. The minimum Gasteiger partial charge on any atom is -0.493 e. The monoisotopic (exact) mass is 424 g/mol. The molecule has 0 saturated carbocycles. The number of alkyl halides is 3. The van der Waals surface area contributed by atoms with Crippen molar-refractivity contribution in [3.05, 3.63) is 53.3 Å². The van der Waals surface area contributed by atoms with E-state index in [1.54, 1.807) is 5.38 Å². The molecule has 152 valence electrons. The molecule has 0 bridgehead atoms. The van der Waals surface area contributed by atoms with Gasteiger partial charge in [-0.15, -0.1) is 11.3 Å². The summed E-state index contributed by atoms with van der Waals surface area (Å²) in [5.74, 6) is -0.966. The third-order valence-electron chi connectivity index (χ3n) is 4.55. The number of hydrogen-bond donors (Lipinski definition) is 2. The minimum atomic E-state index is -5.09. The lowest BCUT2D eigenvalue weighted by Gasteiger charge is -2.27. The number of aliphatic hydroxyl groups is 1. The number of nitrogens with zero attached hydrogens (tertiary/aromatic N) is 1. The highest BCUT2D eigenvalue weighted by molar-refractivity contribution is 7.14. The van der Waals surface area contributed by atoms with Gasteiger partial charge in [-0.1, -0.05) is 0 Å². The molecule has 3 heterocycles. The number of ether oxygens (including phenoxy) is 1. The van der Waals surface area contributed by atoms with E-state index in [1.165, 1.54) is 6.07 Å². The van der Waals surface area contributed by atoms with E-state index in [9.17, 15) is 23.1 Å². The molecule has 1 aliphatic heterocycles. The molecule has 2 N–H and O–H groups in total. The fourth-order valence-corrected chi connectivity index (χ4v) is 3.78. The van der Waals surface area contributed by atoms with Crippen molar-refractivity contribution < 1.29 is 32.2 Å². The topological polar surface area (TPSA) is 84.6 Å². The van der Waals surface area contributed by atoms with Gasteiger partial charge in [0.05, 0.1) is 25.0 Å². The Labute approximate surface area is 166 Å². The molecule has 0 radical (unpaired) electrons. The zero-order valence-corrected chi connectivity index (χ0v) is 15.6. The second-order valence-electron chi connectivity index (χ2n) is 6.52. The van der Waals surface area contributed by atoms with Crippen molar-refractivity contribution in [3.8, 4) is 17.0 Å². The maximum absolute atomic E-state index is 13.4. The van der Waals surface area contributed by atoms with E-state index in [0.29, 0.717) is 12.3 Å². The molecule has 0 saturated heterocycles. The Hall–Kier alpha value is -2.85. The molecule has 1 aromatic carbocycles. The third kappa shape index (κ3) is 3.73. The van der Waals surface area contributed by atoms with Crippen molar-refractivity contribution in [2.75, 3.05) is 11.9 Å². The Morgan fingerprint density at radius 2 is 2.14 bits per heavy atom. The molecule has 10 heteroatoms. The molecule has 3 aromatic rings. The summed E-state index contributed by atoms with van der Waals surface area (Å²) < 4.78 is 50.3. The molecule has 29 heavy (non-hydrogen) atoms. The number of furan rings is 1. The van der Waals surface area contributed by atoms with Crippen LogP contribution in [-0.4, -0.2) is 28.8 Å². The van der Waals surface area contributed by atoms with E-state index in [4.69, 9.17) is 9.15 Å². The van der Waals surface area contributed by atoms with Crippen LogP contribution in [0.1, 0.15) is 17.7 Å². The number of aromatic nitrogens is 1. The van der Waals surface area contributed by atoms with Crippen LogP contribution in [0.3, 0.4) is 0 Å². The molecule has 6 nitrogen and oxygen atoms in total. The van der Waals surface area contributed by atoms with Crippen LogP contribution in [0.5, 0.6) is 5.75 Å². The Balaban J connectivity index is 1.49. The van der Waals surface area contributed by atoms with Gasteiger partial charge in [-0.3, -0.25) is 4.79 Å². The normalized spacial score (nSPS) is 15.4. The van der Waals surface area contributed by atoms with Crippen molar-refractivity contribution in [2.24, 2.45) is 0 Å². The average Bonchev–Trinajstić information content (AvgIpc) is 3.41. The number of amides is 1. The molecule has 1 unspecified atom stereocenters. The van der Waals surface area contributed by atoms with E-state index in [-0.39, 0.29) is 5.13 Å². The molecule has 1 atom stereocenters. The van der Waals surface area contributed by atoms with Crippen molar-refractivity contribution in [1.82, 2.24) is 4.98 Å². The van der Waals surface area contributed by atoms with Crippen LogP contribution < -0.4 is 10.1 Å². The van der Waals surface area contributed by atoms with Crippen LogP contribution in [0.4, 0.5) is 18.3 Å². The maximum Gasteiger partial charge on any atom is 0.425 e. The number of nitrogens with one attached hydrogen (secondary N) is 1. The SMILES string of the molecule is O=C(CC(O)(c1ccco1)C(F)(F)F)Nc1nc(-c2ccc3c(c2)CCO3)cs1. The Morgan fingerprint density at radius 1 is 1.31 bits per heavy atom. The Morgan fingerprint density at radius 3 is 2.86 bits per heavy atom. The lowest BCUT2D eigenvalue weighted by Crippen LogP contribution is -2.44. The lowest BCUT2D eigenvalue weighted by molar-refractivity contribution is -0.272. The number of benzene rings is 1. The quantitative estimate of drug-likeness (QED) is 0.644. The van der Waals surface area contributed by atoms with Crippen molar-refractivity contribution in [1.29, 1.82) is 0 Å². The number of carbonyl (C=O) groups is 1. The van der Waals surface area contributed by atoms with Crippen LogP contribution in [0.2, 0.25) is 0 Å². The number of carbonyl (C=O) groups excluding carboxylic acids is 1. The van der Waals surface area contributed by atoms with E-state index < -0.39 is 29.9 Å². The summed E-state index contributed by atoms with van der Waals surface area (Å²) >= 11 is 1.08. The van der Waals surface area contributed by atoms with Gasteiger partial charge in [-0.05, 0) is 35.9 Å². The minimum absolute atomic E-state index is 0.130. The summed E-state index contributed by atoms with van der Waals surface area (Å²) in [6.45, 7) is 0.620. The van der Waals surface area contributed by atoms with Crippen LogP contribution in [0.25, 0.3) is 11.3 Å². The zero-order valence-electron chi connectivity index (χ0n) is 14.8. The van der Waals surface area contributed by atoms with Gasteiger partial charge in [0, 0.05) is 17.4 Å². The van der Waals surface area contributed by atoms with Crippen LogP contribution in [0.15, 0.2) is 46.4 Å². The van der Waals surface area contributed by atoms with Crippen LogP contribution >= 0.6 is 11.3 Å². The van der Waals surface area contributed by atoms with E-state index in [1.807, 2.05) is 18.2 Å². The maximum atomic E-state index is 13.4. The molecule has 1 amide bonds. The lowest BCUT2D eigenvalue weighted by atomic mass is 9.95. The molecule has 2 aromatic heterocycles. The molecule has 4 rings (SSSR count). The van der Waals surface area contributed by atoms with Gasteiger partial charge < -0.3 is 19.6 Å². The molecule has 0 aliphatic carbocycles. The van der Waals surface area contributed by atoms with Crippen LogP contribution in [-0.2, 0) is 16.8 Å². The first-order valence-electron chi connectivity index (χ1n) is 8.61. The fraction of sp³-hybridized carbons (Fsp3) is 0.263. The summed E-state index contributed by atoms with van der Waals surface area (Å²) in [5.41, 5.74) is -0.985. The molecule has 0 spiro atoms. The summed E-state index contributed by atoms with van der Waals surface area (Å²) in [5, 5.41) is 14.3. The highest BCUT2D eigenvalue weighted by atomic mass is 32.1. The van der Waals surface area contributed by atoms with Gasteiger partial charge in [0.1, 0.15) is 11.5 Å². The standard InChI is InChI=1S/C19H15F3N2O4S/c20-19(21,22)18(26,15-2-1-6-28-15)9-16(25)24-17-23-13(10-29-17)11-3-4-14-12(8-11)5-7-27-14/h1-4,6,8,10,26H,5,7,9H2,(H,23,24,25). The average molecular weight is 424 g/mol. The van der Waals surface area contributed by atoms with Gasteiger partial charge in [-0.2, -0.15) is 13.2 Å². The smallest absolute Gasteiger partial charge is 0.425 e.